The fourth-order valence-electron chi connectivity index (χ4n) is 3.37. The first-order valence-electron chi connectivity index (χ1n) is 11.7. The second kappa shape index (κ2) is 11.5. The van der Waals surface area contributed by atoms with Gasteiger partial charge in [0.25, 0.3) is 11.1 Å². The molecule has 1 N–H and O–H groups in total. The van der Waals surface area contributed by atoms with E-state index in [9.17, 15) is 4.79 Å². The van der Waals surface area contributed by atoms with Crippen LogP contribution in [-0.2, 0) is 11.8 Å². The largest absolute Gasteiger partial charge is 0.479 e. The Hall–Kier alpha value is -3.20. The summed E-state index contributed by atoms with van der Waals surface area (Å²) in [7, 11) is 2.99. The van der Waals surface area contributed by atoms with E-state index in [2.05, 4.69) is 54.0 Å². The van der Waals surface area contributed by atoms with E-state index in [-0.39, 0.29) is 28.6 Å². The Balaban J connectivity index is 1.78. The third-order valence-corrected chi connectivity index (χ3v) is 6.20. The Morgan fingerprint density at radius 3 is 2.34 bits per heavy atom. The van der Waals surface area contributed by atoms with E-state index in [0.717, 1.165) is 30.4 Å². The molecule has 0 saturated carbocycles. The molecule has 0 unspecified atom stereocenters. The molecule has 9 heteroatoms. The number of amides is 1. The quantitative estimate of drug-likeness (QED) is 0.326. The topological polar surface area (TPSA) is 95.5 Å². The van der Waals surface area contributed by atoms with Gasteiger partial charge in [-0.05, 0) is 36.0 Å². The number of aryl methyl sites for hydroxylation is 2. The number of anilines is 1. The fourth-order valence-corrected chi connectivity index (χ4v) is 4.03. The van der Waals surface area contributed by atoms with Gasteiger partial charge in [-0.1, -0.05) is 64.0 Å². The van der Waals surface area contributed by atoms with Crippen LogP contribution in [0, 0.1) is 6.92 Å². The van der Waals surface area contributed by atoms with Gasteiger partial charge in [-0.15, -0.1) is 0 Å². The lowest BCUT2D eigenvalue weighted by Gasteiger charge is -2.20. The lowest BCUT2D eigenvalue weighted by atomic mass is 9.86. The molecule has 8 nitrogen and oxygen atoms in total. The lowest BCUT2D eigenvalue weighted by Crippen LogP contribution is -2.16. The molecule has 0 spiro atoms. The minimum Gasteiger partial charge on any atom is -0.479 e. The van der Waals surface area contributed by atoms with Crippen LogP contribution in [0.25, 0.3) is 0 Å². The standard InChI is InChI=1S/C26H34N4O4S/c1-8-9-10-11-20-28-23(32-6)21(24(29-20)33-7)30-22(31)18-15-35-25(27-18)34-19-14-17(26(3,4)5)13-12-16(19)2/h12-15H,8-11H2,1-7H3,(H,30,31). The van der Waals surface area contributed by atoms with E-state index in [4.69, 9.17) is 14.2 Å². The number of aromatic nitrogens is 3. The summed E-state index contributed by atoms with van der Waals surface area (Å²) < 4.78 is 16.9. The smallest absolute Gasteiger partial charge is 0.279 e. The maximum atomic E-state index is 13.0. The number of rotatable bonds is 10. The number of nitrogens with zero attached hydrogens (tertiary/aromatic N) is 3. The van der Waals surface area contributed by atoms with E-state index in [1.54, 1.807) is 5.38 Å². The fraction of sp³-hybridized carbons (Fsp3) is 0.462. The molecule has 0 bridgehead atoms. The number of nitrogens with one attached hydrogen (secondary N) is 1. The average molecular weight is 499 g/mol. The summed E-state index contributed by atoms with van der Waals surface area (Å²) in [5, 5.41) is 4.81. The molecule has 0 atom stereocenters. The minimum absolute atomic E-state index is 0.00846. The van der Waals surface area contributed by atoms with Crippen LogP contribution >= 0.6 is 11.3 Å². The summed E-state index contributed by atoms with van der Waals surface area (Å²) in [6, 6.07) is 6.15. The molecule has 0 aliphatic heterocycles. The zero-order valence-corrected chi connectivity index (χ0v) is 22.3. The molecule has 0 saturated heterocycles. The van der Waals surface area contributed by atoms with Crippen molar-refractivity contribution in [2.75, 3.05) is 19.5 Å². The Bertz CT molecular complexity index is 1150. The van der Waals surface area contributed by atoms with E-state index in [0.29, 0.717) is 23.2 Å². The molecule has 1 amide bonds. The van der Waals surface area contributed by atoms with E-state index in [1.807, 2.05) is 19.1 Å². The molecule has 1 aromatic carbocycles. The molecule has 35 heavy (non-hydrogen) atoms. The van der Waals surface area contributed by atoms with Crippen LogP contribution < -0.4 is 19.5 Å². The van der Waals surface area contributed by atoms with Gasteiger partial charge < -0.3 is 19.5 Å². The number of methoxy groups -OCH3 is 2. The number of ether oxygens (including phenoxy) is 3. The molecular formula is C26H34N4O4S. The van der Waals surface area contributed by atoms with Crippen molar-refractivity contribution in [3.63, 3.8) is 0 Å². The summed E-state index contributed by atoms with van der Waals surface area (Å²) in [6.45, 7) is 10.6. The summed E-state index contributed by atoms with van der Waals surface area (Å²) in [5.74, 6) is 1.39. The van der Waals surface area contributed by atoms with Crippen LogP contribution in [0.15, 0.2) is 23.6 Å². The van der Waals surface area contributed by atoms with Crippen molar-refractivity contribution in [3.8, 4) is 22.7 Å². The maximum Gasteiger partial charge on any atom is 0.279 e. The highest BCUT2D eigenvalue weighted by Crippen LogP contribution is 2.34. The monoisotopic (exact) mass is 498 g/mol. The first-order chi connectivity index (χ1) is 16.7. The van der Waals surface area contributed by atoms with Crippen LogP contribution in [0.3, 0.4) is 0 Å². The van der Waals surface area contributed by atoms with Gasteiger partial charge in [0.05, 0.1) is 14.2 Å². The normalized spacial score (nSPS) is 11.3. The summed E-state index contributed by atoms with van der Waals surface area (Å²) >= 11 is 1.25. The zero-order chi connectivity index (χ0) is 25.6. The van der Waals surface area contributed by atoms with Gasteiger partial charge in [0.2, 0.25) is 11.8 Å². The van der Waals surface area contributed by atoms with Gasteiger partial charge in [0.15, 0.2) is 5.69 Å². The van der Waals surface area contributed by atoms with E-state index < -0.39 is 5.91 Å². The third kappa shape index (κ3) is 6.69. The Labute approximate surface area is 211 Å². The van der Waals surface area contributed by atoms with Gasteiger partial charge in [0, 0.05) is 11.8 Å². The number of hydrogen-bond donors (Lipinski definition) is 1. The van der Waals surface area contributed by atoms with Gasteiger partial charge in [-0.25, -0.2) is 0 Å². The van der Waals surface area contributed by atoms with Crippen LogP contribution in [0.5, 0.6) is 22.7 Å². The van der Waals surface area contributed by atoms with Crippen LogP contribution in [0.4, 0.5) is 5.69 Å². The number of carbonyl (C=O) groups excluding carboxylic acids is 1. The zero-order valence-electron chi connectivity index (χ0n) is 21.5. The molecule has 2 heterocycles. The third-order valence-electron chi connectivity index (χ3n) is 5.49. The van der Waals surface area contributed by atoms with Crippen LogP contribution in [-0.4, -0.2) is 35.1 Å². The SMILES string of the molecule is CCCCCc1nc(OC)c(NC(=O)c2csc(Oc3cc(C(C)(C)C)ccc3C)n2)c(OC)n1. The average Bonchev–Trinajstić information content (AvgIpc) is 3.29. The summed E-state index contributed by atoms with van der Waals surface area (Å²) in [5.41, 5.74) is 2.62. The first-order valence-corrected chi connectivity index (χ1v) is 12.6. The van der Waals surface area contributed by atoms with Gasteiger partial charge in [-0.2, -0.15) is 15.0 Å². The molecular weight excluding hydrogens is 464 g/mol. The Morgan fingerprint density at radius 2 is 1.74 bits per heavy atom. The van der Waals surface area contributed by atoms with E-state index >= 15 is 0 Å². The van der Waals surface area contributed by atoms with Crippen molar-refractivity contribution in [1.29, 1.82) is 0 Å². The highest BCUT2D eigenvalue weighted by atomic mass is 32.1. The van der Waals surface area contributed by atoms with Crippen molar-refractivity contribution < 1.29 is 19.0 Å². The number of benzene rings is 1. The Kier molecular flexibility index (Phi) is 8.67. The number of thiazole rings is 1. The minimum atomic E-state index is -0.435. The maximum absolute atomic E-state index is 13.0. The molecule has 0 aliphatic carbocycles. The molecule has 2 aromatic heterocycles. The van der Waals surface area contributed by atoms with Crippen molar-refractivity contribution in [2.24, 2.45) is 0 Å². The van der Waals surface area contributed by atoms with E-state index in [1.165, 1.54) is 25.6 Å². The predicted octanol–water partition coefficient (Wildman–Crippen LogP) is 6.33. The van der Waals surface area contributed by atoms with Gasteiger partial charge in [0.1, 0.15) is 17.3 Å². The number of hydrogen-bond acceptors (Lipinski definition) is 8. The second-order valence-corrected chi connectivity index (χ2v) is 10.1. The Morgan fingerprint density at radius 1 is 1.06 bits per heavy atom. The molecule has 3 aromatic rings. The van der Waals surface area contributed by atoms with Crippen molar-refractivity contribution in [2.45, 2.75) is 65.7 Å². The highest BCUT2D eigenvalue weighted by molar-refractivity contribution is 7.11. The molecule has 0 fully saturated rings. The van der Waals surface area contributed by atoms with Crippen LogP contribution in [0.2, 0.25) is 0 Å². The predicted molar refractivity (Wildman–Crippen MR) is 138 cm³/mol. The summed E-state index contributed by atoms with van der Waals surface area (Å²) in [6.07, 6.45) is 3.86. The van der Waals surface area contributed by atoms with Crippen molar-refractivity contribution in [1.82, 2.24) is 15.0 Å². The lowest BCUT2D eigenvalue weighted by molar-refractivity contribution is 0.102. The number of carbonyl (C=O) groups is 1. The molecule has 0 radical (unpaired) electrons. The van der Waals surface area contributed by atoms with Crippen molar-refractivity contribution in [3.05, 3.63) is 46.2 Å². The first kappa shape index (κ1) is 26.4. The van der Waals surface area contributed by atoms with Crippen molar-refractivity contribution >= 4 is 22.9 Å². The second-order valence-electron chi connectivity index (χ2n) is 9.28. The highest BCUT2D eigenvalue weighted by Gasteiger charge is 2.22. The van der Waals surface area contributed by atoms with Crippen LogP contribution in [0.1, 0.15) is 74.4 Å². The van der Waals surface area contributed by atoms with Gasteiger partial charge in [-0.3, -0.25) is 4.79 Å². The van der Waals surface area contributed by atoms with Gasteiger partial charge >= 0.3 is 0 Å². The molecule has 0 aliphatic rings. The summed E-state index contributed by atoms with van der Waals surface area (Å²) in [4.78, 5) is 26.2. The molecule has 188 valence electrons. The number of unbranched alkanes of at least 4 members (excludes halogenated alkanes) is 2. The molecule has 3 rings (SSSR count).